The third-order valence-corrected chi connectivity index (χ3v) is 6.30. The molecule has 0 aromatic heterocycles. The molecule has 0 heterocycles. The lowest BCUT2D eigenvalue weighted by atomic mass is 9.75. The molecule has 0 bridgehead atoms. The second-order valence-corrected chi connectivity index (χ2v) is 9.54. The molecule has 0 aliphatic heterocycles. The Kier molecular flexibility index (Phi) is 6.10. The Morgan fingerprint density at radius 3 is 2.75 bits per heavy atom. The zero-order chi connectivity index (χ0) is 18.0. The highest BCUT2D eigenvalue weighted by molar-refractivity contribution is 7.84. The van der Waals surface area contributed by atoms with Crippen LogP contribution in [0.3, 0.4) is 0 Å². The van der Waals surface area contributed by atoms with Gasteiger partial charge in [0, 0.05) is 5.02 Å². The van der Waals surface area contributed by atoms with Gasteiger partial charge in [0.2, 0.25) is 0 Å². The van der Waals surface area contributed by atoms with Gasteiger partial charge >= 0.3 is 5.97 Å². The molecule has 24 heavy (non-hydrogen) atoms. The Morgan fingerprint density at radius 2 is 2.12 bits per heavy atom. The van der Waals surface area contributed by atoms with Gasteiger partial charge in [0.1, 0.15) is 0 Å². The quantitative estimate of drug-likeness (QED) is 0.799. The average molecular weight is 372 g/mol. The minimum Gasteiger partial charge on any atom is -0.466 e. The first kappa shape index (κ1) is 19.4. The van der Waals surface area contributed by atoms with Gasteiger partial charge in [-0.3, -0.25) is 4.79 Å². The van der Waals surface area contributed by atoms with Crippen LogP contribution in [0.2, 0.25) is 5.02 Å². The third-order valence-electron chi connectivity index (χ3n) is 4.26. The van der Waals surface area contributed by atoms with Crippen LogP contribution in [0.15, 0.2) is 18.2 Å². The fourth-order valence-electron chi connectivity index (χ4n) is 3.08. The molecule has 0 saturated heterocycles. The van der Waals surface area contributed by atoms with E-state index >= 15 is 0 Å². The van der Waals surface area contributed by atoms with E-state index in [0.29, 0.717) is 11.6 Å². The number of benzene rings is 1. The molecular weight excluding hydrogens is 346 g/mol. The van der Waals surface area contributed by atoms with E-state index in [1.54, 1.807) is 6.92 Å². The number of nitrogens with one attached hydrogen (secondary N) is 1. The largest absolute Gasteiger partial charge is 0.466 e. The zero-order valence-electron chi connectivity index (χ0n) is 14.8. The standard InChI is InChI=1S/C18H26ClNO3S/c1-5-23-16(21)12-18(20-24(22)17(2,3)4)11-7-8-13-14(18)9-6-10-15(13)19/h6,9-10,20H,5,7-8,11-12H2,1-4H3. The van der Waals surface area contributed by atoms with E-state index in [2.05, 4.69) is 4.72 Å². The minimum absolute atomic E-state index is 0.149. The van der Waals surface area contributed by atoms with Gasteiger partial charge in [-0.25, -0.2) is 8.93 Å². The lowest BCUT2D eigenvalue weighted by molar-refractivity contribution is -0.145. The molecule has 1 aromatic rings. The van der Waals surface area contributed by atoms with Crippen LogP contribution >= 0.6 is 11.6 Å². The highest BCUT2D eigenvalue weighted by Gasteiger charge is 2.42. The van der Waals surface area contributed by atoms with E-state index in [0.717, 1.165) is 30.4 Å². The molecule has 0 radical (unpaired) electrons. The molecule has 1 aromatic carbocycles. The van der Waals surface area contributed by atoms with Crippen molar-refractivity contribution >= 4 is 28.6 Å². The molecule has 2 rings (SSSR count). The highest BCUT2D eigenvalue weighted by atomic mass is 35.5. The van der Waals surface area contributed by atoms with Gasteiger partial charge in [-0.2, -0.15) is 0 Å². The molecule has 1 aliphatic rings. The zero-order valence-corrected chi connectivity index (χ0v) is 16.4. The molecule has 2 unspecified atom stereocenters. The number of carbonyl (C=O) groups excluding carboxylic acids is 1. The predicted molar refractivity (Wildman–Crippen MR) is 98.3 cm³/mol. The Morgan fingerprint density at radius 1 is 1.42 bits per heavy atom. The number of hydrogen-bond donors (Lipinski definition) is 1. The number of fused-ring (bicyclic) bond motifs is 1. The molecule has 0 amide bonds. The van der Waals surface area contributed by atoms with Crippen molar-refractivity contribution in [3.8, 4) is 0 Å². The normalized spacial score (nSPS) is 21.9. The maximum Gasteiger partial charge on any atom is 0.308 e. The molecule has 2 atom stereocenters. The lowest BCUT2D eigenvalue weighted by Gasteiger charge is -2.40. The maximum atomic E-state index is 12.8. The number of carbonyl (C=O) groups is 1. The Bertz CT molecular complexity index is 642. The first-order valence-electron chi connectivity index (χ1n) is 8.33. The minimum atomic E-state index is -1.31. The van der Waals surface area contributed by atoms with Crippen molar-refractivity contribution in [1.82, 2.24) is 4.72 Å². The van der Waals surface area contributed by atoms with Gasteiger partial charge in [-0.15, -0.1) is 0 Å². The van der Waals surface area contributed by atoms with Crippen LogP contribution in [-0.4, -0.2) is 21.5 Å². The van der Waals surface area contributed by atoms with Crippen molar-refractivity contribution < 1.29 is 13.7 Å². The Balaban J connectivity index is 2.47. The molecule has 6 heteroatoms. The van der Waals surface area contributed by atoms with Gasteiger partial charge < -0.3 is 4.74 Å². The Hall–Kier alpha value is -0.910. The second-order valence-electron chi connectivity index (χ2n) is 7.17. The summed E-state index contributed by atoms with van der Waals surface area (Å²) in [4.78, 5) is 12.2. The third kappa shape index (κ3) is 4.19. The van der Waals surface area contributed by atoms with Crippen LogP contribution in [0.1, 0.15) is 58.1 Å². The van der Waals surface area contributed by atoms with Crippen molar-refractivity contribution in [3.05, 3.63) is 34.3 Å². The maximum absolute atomic E-state index is 12.8. The molecular formula is C18H26ClNO3S. The average Bonchev–Trinajstić information content (AvgIpc) is 2.47. The molecule has 0 saturated carbocycles. The fourth-order valence-corrected chi connectivity index (χ4v) is 4.29. The summed E-state index contributed by atoms with van der Waals surface area (Å²) in [6.45, 7) is 7.86. The fraction of sp³-hybridized carbons (Fsp3) is 0.611. The van der Waals surface area contributed by atoms with Gasteiger partial charge in [0.05, 0.1) is 34.3 Å². The molecule has 1 N–H and O–H groups in total. The van der Waals surface area contributed by atoms with E-state index in [1.807, 2.05) is 39.0 Å². The summed E-state index contributed by atoms with van der Waals surface area (Å²) in [6.07, 6.45) is 2.62. The van der Waals surface area contributed by atoms with Gasteiger partial charge in [-0.05, 0) is 64.2 Å². The van der Waals surface area contributed by atoms with Gasteiger partial charge in [0.15, 0.2) is 0 Å². The summed E-state index contributed by atoms with van der Waals surface area (Å²) in [5, 5.41) is 0.698. The van der Waals surface area contributed by atoms with Gasteiger partial charge in [-0.1, -0.05) is 23.7 Å². The van der Waals surface area contributed by atoms with Gasteiger partial charge in [0.25, 0.3) is 0 Å². The summed E-state index contributed by atoms with van der Waals surface area (Å²) in [5.74, 6) is -0.288. The van der Waals surface area contributed by atoms with E-state index in [-0.39, 0.29) is 12.4 Å². The van der Waals surface area contributed by atoms with Crippen LogP contribution in [-0.2, 0) is 32.5 Å². The number of halogens is 1. The number of hydrogen-bond acceptors (Lipinski definition) is 3. The summed E-state index contributed by atoms with van der Waals surface area (Å²) in [6, 6.07) is 5.72. The highest BCUT2D eigenvalue weighted by Crippen LogP contribution is 2.41. The van der Waals surface area contributed by atoms with Crippen LogP contribution in [0.5, 0.6) is 0 Å². The van der Waals surface area contributed by atoms with E-state index in [9.17, 15) is 9.00 Å². The number of ether oxygens (including phenoxy) is 1. The lowest BCUT2D eigenvalue weighted by Crippen LogP contribution is -2.51. The van der Waals surface area contributed by atoms with Crippen LogP contribution < -0.4 is 4.72 Å². The SMILES string of the molecule is CCOC(=O)CC1(NS(=O)C(C)(C)C)CCCc2c(Cl)cccc21. The van der Waals surface area contributed by atoms with Crippen molar-refractivity contribution in [1.29, 1.82) is 0 Å². The smallest absolute Gasteiger partial charge is 0.308 e. The topological polar surface area (TPSA) is 55.4 Å². The second kappa shape index (κ2) is 7.54. The molecule has 134 valence electrons. The van der Waals surface area contributed by atoms with Crippen molar-refractivity contribution in [3.63, 3.8) is 0 Å². The number of rotatable bonds is 5. The van der Waals surface area contributed by atoms with Crippen molar-refractivity contribution in [2.24, 2.45) is 0 Å². The van der Waals surface area contributed by atoms with Crippen molar-refractivity contribution in [2.45, 2.75) is 63.7 Å². The summed E-state index contributed by atoms with van der Waals surface area (Å²) in [7, 11) is -1.31. The van der Waals surface area contributed by atoms with Crippen LogP contribution in [0.25, 0.3) is 0 Å². The van der Waals surface area contributed by atoms with Crippen LogP contribution in [0.4, 0.5) is 0 Å². The van der Waals surface area contributed by atoms with Crippen molar-refractivity contribution in [2.75, 3.05) is 6.61 Å². The molecule has 1 aliphatic carbocycles. The molecule has 4 nitrogen and oxygen atoms in total. The molecule has 0 fully saturated rings. The summed E-state index contributed by atoms with van der Waals surface area (Å²) < 4.78 is 20.8. The van der Waals surface area contributed by atoms with Crippen LogP contribution in [0, 0.1) is 0 Å². The summed E-state index contributed by atoms with van der Waals surface area (Å²) >= 11 is 6.37. The van der Waals surface area contributed by atoms with E-state index in [1.165, 1.54) is 0 Å². The Labute approximate surface area is 151 Å². The summed E-state index contributed by atoms with van der Waals surface area (Å²) in [5.41, 5.74) is 1.29. The molecule has 0 spiro atoms. The first-order valence-corrected chi connectivity index (χ1v) is 9.85. The monoisotopic (exact) mass is 371 g/mol. The van der Waals surface area contributed by atoms with E-state index < -0.39 is 21.3 Å². The van der Waals surface area contributed by atoms with E-state index in [4.69, 9.17) is 16.3 Å². The number of esters is 1. The predicted octanol–water partition coefficient (Wildman–Crippen LogP) is 3.88. The first-order chi connectivity index (χ1) is 11.2.